The van der Waals surface area contributed by atoms with Crippen molar-refractivity contribution in [3.63, 3.8) is 0 Å². The maximum Gasteiger partial charge on any atom is 0.340 e. The molecule has 0 aliphatic rings. The zero-order valence-corrected chi connectivity index (χ0v) is 7.57. The Morgan fingerprint density at radius 3 is 2.62 bits per heavy atom. The van der Waals surface area contributed by atoms with Crippen molar-refractivity contribution in [2.75, 3.05) is 7.11 Å². The van der Waals surface area contributed by atoms with Gasteiger partial charge in [-0.05, 0) is 12.1 Å². The van der Waals surface area contributed by atoms with Crippen LogP contribution in [0.3, 0.4) is 0 Å². The number of halogens is 2. The number of hydrogen-bond donors (Lipinski definition) is 1. The summed E-state index contributed by atoms with van der Waals surface area (Å²) in [5.74, 6) is -2.53. The second-order valence-electron chi connectivity index (χ2n) is 2.28. The maximum absolute atomic E-state index is 13.1. The fraction of sp³-hybridized carbons (Fsp3) is 0.125. The molecule has 0 aliphatic carbocycles. The van der Waals surface area contributed by atoms with Gasteiger partial charge in [-0.15, -0.1) is 12.6 Å². The smallest absolute Gasteiger partial charge is 0.340 e. The molecule has 0 atom stereocenters. The lowest BCUT2D eigenvalue weighted by Crippen LogP contribution is -2.05. The highest BCUT2D eigenvalue weighted by atomic mass is 32.1. The van der Waals surface area contributed by atoms with Gasteiger partial charge in [-0.25, -0.2) is 13.6 Å². The van der Waals surface area contributed by atoms with Gasteiger partial charge in [-0.1, -0.05) is 0 Å². The second-order valence-corrected chi connectivity index (χ2v) is 2.76. The number of benzene rings is 1. The molecule has 0 aliphatic heterocycles. The summed E-state index contributed by atoms with van der Waals surface area (Å²) in [5.41, 5.74) is -0.451. The van der Waals surface area contributed by atoms with Crippen molar-refractivity contribution in [2.45, 2.75) is 4.90 Å². The third-order valence-corrected chi connectivity index (χ3v) is 1.75. The number of hydrogen-bond acceptors (Lipinski definition) is 3. The normalized spacial score (nSPS) is 9.85. The number of carbonyl (C=O) groups is 1. The van der Waals surface area contributed by atoms with Crippen molar-refractivity contribution in [3.05, 3.63) is 29.3 Å². The molecule has 0 unspecified atom stereocenters. The van der Waals surface area contributed by atoms with E-state index in [0.717, 1.165) is 19.2 Å². The van der Waals surface area contributed by atoms with Crippen LogP contribution in [0.25, 0.3) is 0 Å². The molecule has 0 N–H and O–H groups in total. The quantitative estimate of drug-likeness (QED) is 0.559. The summed E-state index contributed by atoms with van der Waals surface area (Å²) in [5, 5.41) is 0. The molecule has 0 bridgehead atoms. The van der Waals surface area contributed by atoms with E-state index < -0.39 is 23.2 Å². The molecule has 0 radical (unpaired) electrons. The predicted molar refractivity (Wildman–Crippen MR) is 44.9 cm³/mol. The zero-order chi connectivity index (χ0) is 10.0. The van der Waals surface area contributed by atoms with Crippen LogP contribution in [0.15, 0.2) is 17.0 Å². The number of thiol groups is 1. The van der Waals surface area contributed by atoms with Crippen LogP contribution in [0.2, 0.25) is 0 Å². The minimum absolute atomic E-state index is 0.222. The Labute approximate surface area is 78.9 Å². The van der Waals surface area contributed by atoms with Gasteiger partial charge in [0.15, 0.2) is 5.82 Å². The largest absolute Gasteiger partial charge is 0.465 e. The van der Waals surface area contributed by atoms with E-state index in [2.05, 4.69) is 17.4 Å². The molecule has 5 heteroatoms. The van der Waals surface area contributed by atoms with Crippen LogP contribution in [0.1, 0.15) is 10.4 Å². The van der Waals surface area contributed by atoms with Crippen LogP contribution in [0, 0.1) is 11.6 Å². The molecule has 70 valence electrons. The summed E-state index contributed by atoms with van der Waals surface area (Å²) in [4.78, 5) is 10.7. The molecule has 0 heterocycles. The van der Waals surface area contributed by atoms with Crippen molar-refractivity contribution in [2.24, 2.45) is 0 Å². The van der Waals surface area contributed by atoms with E-state index >= 15 is 0 Å². The average Bonchev–Trinajstić information content (AvgIpc) is 2.10. The molecule has 2 nitrogen and oxygen atoms in total. The first-order valence-electron chi connectivity index (χ1n) is 3.32. The summed E-state index contributed by atoms with van der Waals surface area (Å²) < 4.78 is 30.0. The SMILES string of the molecule is COC(=O)c1cc(F)cc(S)c1F. The first-order chi connectivity index (χ1) is 6.06. The van der Waals surface area contributed by atoms with Crippen LogP contribution in [-0.4, -0.2) is 13.1 Å². The fourth-order valence-electron chi connectivity index (χ4n) is 0.833. The Morgan fingerprint density at radius 1 is 1.46 bits per heavy atom. The number of esters is 1. The van der Waals surface area contributed by atoms with Crippen molar-refractivity contribution in [1.82, 2.24) is 0 Å². The van der Waals surface area contributed by atoms with Crippen molar-refractivity contribution >= 4 is 18.6 Å². The van der Waals surface area contributed by atoms with Gasteiger partial charge in [-0.2, -0.15) is 0 Å². The van der Waals surface area contributed by atoms with E-state index in [0.29, 0.717) is 0 Å². The molecular weight excluding hydrogens is 198 g/mol. The summed E-state index contributed by atoms with van der Waals surface area (Å²) in [7, 11) is 1.09. The van der Waals surface area contributed by atoms with Gasteiger partial charge in [-0.3, -0.25) is 0 Å². The van der Waals surface area contributed by atoms with Gasteiger partial charge in [0, 0.05) is 4.90 Å². The van der Waals surface area contributed by atoms with E-state index in [4.69, 9.17) is 0 Å². The summed E-state index contributed by atoms with van der Waals surface area (Å²) in [6.07, 6.45) is 0. The first-order valence-corrected chi connectivity index (χ1v) is 3.77. The number of carbonyl (C=O) groups excluding carboxylic acids is 1. The summed E-state index contributed by atoms with van der Waals surface area (Å²) in [6.45, 7) is 0. The van der Waals surface area contributed by atoms with Gasteiger partial charge in [0.1, 0.15) is 5.82 Å². The highest BCUT2D eigenvalue weighted by Gasteiger charge is 2.15. The number of ether oxygens (including phenoxy) is 1. The Balaban J connectivity index is 3.28. The molecule has 1 aromatic carbocycles. The standard InChI is InChI=1S/C8H6F2O2S/c1-12-8(11)5-2-4(9)3-6(13)7(5)10/h2-3,13H,1H3. The van der Waals surface area contributed by atoms with Crippen molar-refractivity contribution in [3.8, 4) is 0 Å². The van der Waals surface area contributed by atoms with Crippen molar-refractivity contribution in [1.29, 1.82) is 0 Å². The molecule has 0 aromatic heterocycles. The fourth-order valence-corrected chi connectivity index (χ4v) is 1.08. The molecule has 0 fully saturated rings. The lowest BCUT2D eigenvalue weighted by Gasteiger charge is -2.02. The van der Waals surface area contributed by atoms with Crippen LogP contribution >= 0.6 is 12.6 Å². The third-order valence-electron chi connectivity index (χ3n) is 1.42. The Kier molecular flexibility index (Phi) is 2.87. The summed E-state index contributed by atoms with van der Waals surface area (Å²) in [6, 6.07) is 1.64. The maximum atomic E-state index is 13.1. The van der Waals surface area contributed by atoms with E-state index in [1.165, 1.54) is 0 Å². The lowest BCUT2D eigenvalue weighted by atomic mass is 10.2. The molecule has 0 saturated heterocycles. The van der Waals surface area contributed by atoms with Gasteiger partial charge in [0.2, 0.25) is 0 Å². The Bertz CT molecular complexity index is 352. The first kappa shape index (κ1) is 9.98. The molecule has 0 spiro atoms. The van der Waals surface area contributed by atoms with Gasteiger partial charge < -0.3 is 4.74 Å². The minimum Gasteiger partial charge on any atom is -0.465 e. The van der Waals surface area contributed by atoms with Crippen LogP contribution in [-0.2, 0) is 4.74 Å². The zero-order valence-electron chi connectivity index (χ0n) is 6.67. The topological polar surface area (TPSA) is 26.3 Å². The van der Waals surface area contributed by atoms with Crippen LogP contribution in [0.5, 0.6) is 0 Å². The van der Waals surface area contributed by atoms with Gasteiger partial charge in [0.25, 0.3) is 0 Å². The average molecular weight is 204 g/mol. The van der Waals surface area contributed by atoms with Crippen LogP contribution in [0.4, 0.5) is 8.78 Å². The molecule has 1 aromatic rings. The summed E-state index contributed by atoms with van der Waals surface area (Å²) >= 11 is 3.65. The highest BCUT2D eigenvalue weighted by molar-refractivity contribution is 7.80. The van der Waals surface area contributed by atoms with E-state index in [1.54, 1.807) is 0 Å². The van der Waals surface area contributed by atoms with E-state index in [9.17, 15) is 13.6 Å². The second kappa shape index (κ2) is 3.74. The van der Waals surface area contributed by atoms with E-state index in [-0.39, 0.29) is 4.90 Å². The molecule has 0 saturated carbocycles. The monoisotopic (exact) mass is 204 g/mol. The number of methoxy groups -OCH3 is 1. The van der Waals surface area contributed by atoms with Gasteiger partial charge >= 0.3 is 5.97 Å². The van der Waals surface area contributed by atoms with Gasteiger partial charge in [0.05, 0.1) is 12.7 Å². The molecule has 1 rings (SSSR count). The van der Waals surface area contributed by atoms with Crippen LogP contribution < -0.4 is 0 Å². The predicted octanol–water partition coefficient (Wildman–Crippen LogP) is 2.04. The third kappa shape index (κ3) is 1.98. The number of rotatable bonds is 1. The van der Waals surface area contributed by atoms with Crippen molar-refractivity contribution < 1.29 is 18.3 Å². The minimum atomic E-state index is -0.924. The molecule has 0 amide bonds. The lowest BCUT2D eigenvalue weighted by molar-refractivity contribution is 0.0594. The Hall–Kier alpha value is -1.10. The van der Waals surface area contributed by atoms with E-state index in [1.807, 2.05) is 0 Å². The molecular formula is C8H6F2O2S. The molecule has 13 heavy (non-hydrogen) atoms. The highest BCUT2D eigenvalue weighted by Crippen LogP contribution is 2.19. The Morgan fingerprint density at radius 2 is 2.08 bits per heavy atom.